The number of halogens is 3. The fourth-order valence-electron chi connectivity index (χ4n) is 3.67. The van der Waals surface area contributed by atoms with Crippen molar-refractivity contribution in [2.24, 2.45) is 0 Å². The van der Waals surface area contributed by atoms with Gasteiger partial charge in [-0.15, -0.1) is 11.8 Å². The van der Waals surface area contributed by atoms with Crippen molar-refractivity contribution in [3.05, 3.63) is 35.4 Å². The number of alkyl halides is 3. The molecule has 0 spiro atoms. The molecule has 0 bridgehead atoms. The van der Waals surface area contributed by atoms with Crippen molar-refractivity contribution < 1.29 is 27.6 Å². The smallest absolute Gasteiger partial charge is 0.334 e. The molecule has 0 aliphatic carbocycles. The number of rotatable bonds is 1. The Bertz CT molecular complexity index is 799. The molecule has 10 heteroatoms. The van der Waals surface area contributed by atoms with Crippen LogP contribution in [0.4, 0.5) is 13.2 Å². The van der Waals surface area contributed by atoms with Gasteiger partial charge >= 0.3 is 6.18 Å². The average Bonchev–Trinajstić information content (AvgIpc) is 3.15. The minimum absolute atomic E-state index is 0.0539. The molecule has 4 rings (SSSR count). The lowest BCUT2D eigenvalue weighted by Crippen LogP contribution is -2.69. The van der Waals surface area contributed by atoms with E-state index in [0.717, 1.165) is 24.3 Å². The highest BCUT2D eigenvalue weighted by Gasteiger charge is 2.50. The standard InChI is InChI=1S/C17H16F3N3O3S/c18-17(19,20)11-3-1-10(2-4-11)14(24)21-5-6-22-12(7-21)15(25)23-9-27-8-13(23)16(22)26/h1-4,12-13H,5-9H2/t12-,13+/m1/s1. The van der Waals surface area contributed by atoms with Crippen LogP contribution in [-0.4, -0.2) is 75.8 Å². The molecule has 3 aliphatic rings. The summed E-state index contributed by atoms with van der Waals surface area (Å²) in [5.41, 5.74) is -0.699. The first-order valence-corrected chi connectivity index (χ1v) is 9.58. The number of amides is 3. The van der Waals surface area contributed by atoms with Crippen molar-refractivity contribution in [3.8, 4) is 0 Å². The summed E-state index contributed by atoms with van der Waals surface area (Å²) in [6, 6.07) is 2.86. The summed E-state index contributed by atoms with van der Waals surface area (Å²) in [6.07, 6.45) is -4.47. The van der Waals surface area contributed by atoms with Crippen LogP contribution in [0.25, 0.3) is 0 Å². The molecule has 3 saturated heterocycles. The van der Waals surface area contributed by atoms with E-state index in [2.05, 4.69) is 0 Å². The summed E-state index contributed by atoms with van der Waals surface area (Å²) in [5.74, 6) is 0.344. The van der Waals surface area contributed by atoms with Crippen molar-refractivity contribution >= 4 is 29.5 Å². The monoisotopic (exact) mass is 399 g/mol. The number of hydrogen-bond acceptors (Lipinski definition) is 4. The quantitative estimate of drug-likeness (QED) is 0.714. The van der Waals surface area contributed by atoms with Crippen LogP contribution in [0, 0.1) is 0 Å². The SMILES string of the molecule is O=C(c1ccc(C(F)(F)F)cc1)N1CCN2C(=O)[C@@H]3CSCN3C(=O)[C@H]2C1. The van der Waals surface area contributed by atoms with Gasteiger partial charge in [0, 0.05) is 24.4 Å². The minimum atomic E-state index is -4.47. The van der Waals surface area contributed by atoms with E-state index in [0.29, 0.717) is 11.6 Å². The Morgan fingerprint density at radius 3 is 2.33 bits per heavy atom. The van der Waals surface area contributed by atoms with Gasteiger partial charge in [-0.25, -0.2) is 0 Å². The molecule has 3 amide bonds. The summed E-state index contributed by atoms with van der Waals surface area (Å²) >= 11 is 1.52. The Morgan fingerprint density at radius 1 is 1.00 bits per heavy atom. The van der Waals surface area contributed by atoms with Gasteiger partial charge in [-0.05, 0) is 24.3 Å². The summed E-state index contributed by atoms with van der Waals surface area (Å²) in [7, 11) is 0. The van der Waals surface area contributed by atoms with Crippen LogP contribution >= 0.6 is 11.8 Å². The molecule has 3 heterocycles. The van der Waals surface area contributed by atoms with Gasteiger partial charge in [0.15, 0.2) is 0 Å². The summed E-state index contributed by atoms with van der Waals surface area (Å²) in [6.45, 7) is 0.546. The highest BCUT2D eigenvalue weighted by atomic mass is 32.2. The van der Waals surface area contributed by atoms with Gasteiger partial charge in [-0.1, -0.05) is 0 Å². The van der Waals surface area contributed by atoms with Gasteiger partial charge in [0.1, 0.15) is 12.1 Å². The third kappa shape index (κ3) is 3.05. The van der Waals surface area contributed by atoms with E-state index in [-0.39, 0.29) is 37.0 Å². The molecule has 3 aliphatic heterocycles. The van der Waals surface area contributed by atoms with Gasteiger partial charge in [-0.3, -0.25) is 14.4 Å². The average molecular weight is 399 g/mol. The molecule has 2 atom stereocenters. The molecule has 144 valence electrons. The molecular formula is C17H16F3N3O3S. The van der Waals surface area contributed by atoms with Crippen molar-refractivity contribution in [2.75, 3.05) is 31.3 Å². The second kappa shape index (κ2) is 6.43. The second-order valence-electron chi connectivity index (χ2n) is 6.70. The van der Waals surface area contributed by atoms with E-state index < -0.39 is 29.7 Å². The van der Waals surface area contributed by atoms with E-state index in [4.69, 9.17) is 0 Å². The molecule has 1 aromatic carbocycles. The molecule has 1 aromatic rings. The number of piperazine rings is 2. The first-order chi connectivity index (χ1) is 12.8. The van der Waals surface area contributed by atoms with Gasteiger partial charge in [-0.2, -0.15) is 13.2 Å². The van der Waals surface area contributed by atoms with Crippen LogP contribution in [0.2, 0.25) is 0 Å². The number of fused-ring (bicyclic) bond motifs is 2. The molecule has 3 fully saturated rings. The van der Waals surface area contributed by atoms with Gasteiger partial charge in [0.2, 0.25) is 11.8 Å². The lowest BCUT2D eigenvalue weighted by atomic mass is 10.0. The largest absolute Gasteiger partial charge is 0.416 e. The Kier molecular flexibility index (Phi) is 4.32. The van der Waals surface area contributed by atoms with Crippen molar-refractivity contribution in [3.63, 3.8) is 0 Å². The number of carbonyl (C=O) groups excluding carboxylic acids is 3. The molecular weight excluding hydrogens is 383 g/mol. The fraction of sp³-hybridized carbons (Fsp3) is 0.471. The topological polar surface area (TPSA) is 60.9 Å². The number of benzene rings is 1. The highest BCUT2D eigenvalue weighted by Crippen LogP contribution is 2.31. The maximum absolute atomic E-state index is 12.7. The molecule has 0 radical (unpaired) electrons. The molecule has 27 heavy (non-hydrogen) atoms. The Labute approximate surface area is 157 Å². The number of nitrogens with zero attached hydrogens (tertiary/aromatic N) is 3. The maximum atomic E-state index is 12.7. The first-order valence-electron chi connectivity index (χ1n) is 8.42. The lowest BCUT2D eigenvalue weighted by Gasteiger charge is -2.47. The zero-order valence-electron chi connectivity index (χ0n) is 14.1. The third-order valence-electron chi connectivity index (χ3n) is 5.15. The molecule has 0 saturated carbocycles. The normalized spacial score (nSPS) is 25.5. The van der Waals surface area contributed by atoms with Crippen molar-refractivity contribution in [1.82, 2.24) is 14.7 Å². The second-order valence-corrected chi connectivity index (χ2v) is 7.70. The van der Waals surface area contributed by atoms with Crippen LogP contribution in [0.3, 0.4) is 0 Å². The molecule has 0 N–H and O–H groups in total. The summed E-state index contributed by atoms with van der Waals surface area (Å²) < 4.78 is 38.0. The number of thioether (sulfide) groups is 1. The maximum Gasteiger partial charge on any atom is 0.416 e. The van der Waals surface area contributed by atoms with Crippen LogP contribution in [-0.2, 0) is 15.8 Å². The van der Waals surface area contributed by atoms with E-state index in [1.165, 1.54) is 21.6 Å². The number of hydrogen-bond donors (Lipinski definition) is 0. The lowest BCUT2D eigenvalue weighted by molar-refractivity contribution is -0.161. The predicted octanol–water partition coefficient (Wildman–Crippen LogP) is 1.27. The van der Waals surface area contributed by atoms with Crippen LogP contribution < -0.4 is 0 Å². The molecule has 0 unspecified atom stereocenters. The molecule has 6 nitrogen and oxygen atoms in total. The van der Waals surface area contributed by atoms with Crippen LogP contribution in [0.1, 0.15) is 15.9 Å². The predicted molar refractivity (Wildman–Crippen MR) is 90.8 cm³/mol. The zero-order valence-corrected chi connectivity index (χ0v) is 14.9. The Balaban J connectivity index is 1.51. The van der Waals surface area contributed by atoms with Gasteiger partial charge in [0.25, 0.3) is 5.91 Å². The van der Waals surface area contributed by atoms with E-state index >= 15 is 0 Å². The van der Waals surface area contributed by atoms with E-state index in [9.17, 15) is 27.6 Å². The third-order valence-corrected chi connectivity index (χ3v) is 6.16. The van der Waals surface area contributed by atoms with E-state index in [1.54, 1.807) is 4.90 Å². The zero-order chi connectivity index (χ0) is 19.3. The number of carbonyl (C=O) groups is 3. The Morgan fingerprint density at radius 2 is 1.67 bits per heavy atom. The summed E-state index contributed by atoms with van der Waals surface area (Å²) in [5, 5.41) is 0. The van der Waals surface area contributed by atoms with Crippen LogP contribution in [0.5, 0.6) is 0 Å². The molecule has 0 aromatic heterocycles. The first kappa shape index (κ1) is 18.1. The van der Waals surface area contributed by atoms with Gasteiger partial charge in [0.05, 0.1) is 18.0 Å². The summed E-state index contributed by atoms with van der Waals surface area (Å²) in [4.78, 5) is 42.5. The van der Waals surface area contributed by atoms with E-state index in [1.807, 2.05) is 0 Å². The van der Waals surface area contributed by atoms with Gasteiger partial charge < -0.3 is 14.7 Å². The van der Waals surface area contributed by atoms with Crippen molar-refractivity contribution in [2.45, 2.75) is 18.3 Å². The Hall–Kier alpha value is -2.23. The minimum Gasteiger partial charge on any atom is -0.334 e. The van der Waals surface area contributed by atoms with Crippen molar-refractivity contribution in [1.29, 1.82) is 0 Å². The fourth-order valence-corrected chi connectivity index (χ4v) is 4.83. The highest BCUT2D eigenvalue weighted by molar-refractivity contribution is 7.99. The van der Waals surface area contributed by atoms with Crippen LogP contribution in [0.15, 0.2) is 24.3 Å².